The first-order chi connectivity index (χ1) is 15.7. The van der Waals surface area contributed by atoms with Gasteiger partial charge in [-0.1, -0.05) is 19.0 Å². The van der Waals surface area contributed by atoms with Crippen molar-refractivity contribution in [2.24, 2.45) is 11.1 Å². The van der Waals surface area contributed by atoms with Crippen LogP contribution in [0.1, 0.15) is 29.8 Å². The Morgan fingerprint density at radius 2 is 1.79 bits per heavy atom. The smallest absolute Gasteiger partial charge is 0.277 e. The van der Waals surface area contributed by atoms with Crippen LogP contribution in [0.25, 0.3) is 0 Å². The Morgan fingerprint density at radius 3 is 2.39 bits per heavy atom. The number of aliphatic hydroxyl groups excluding tert-OH is 2. The minimum atomic E-state index is -1.45. The highest BCUT2D eigenvalue weighted by molar-refractivity contribution is 14.1. The Bertz CT molecular complexity index is 1020. The molecule has 0 aromatic heterocycles. The molecular weight excluding hydrogens is 558 g/mol. The molecule has 1 amide bonds. The molecule has 0 bridgehead atoms. The van der Waals surface area contributed by atoms with Gasteiger partial charge in [-0.15, -0.1) is 0 Å². The third kappa shape index (κ3) is 7.03. The Kier molecular flexibility index (Phi) is 10.3. The van der Waals surface area contributed by atoms with Crippen molar-refractivity contribution in [3.63, 3.8) is 0 Å². The average Bonchev–Trinajstić information content (AvgIpc) is 2.76. The Morgan fingerprint density at radius 1 is 1.09 bits per heavy atom. The molecule has 0 spiro atoms. The molecule has 0 aliphatic heterocycles. The van der Waals surface area contributed by atoms with E-state index in [9.17, 15) is 9.18 Å². The largest absolute Gasteiger partial charge is 0.394 e. The van der Waals surface area contributed by atoms with E-state index in [2.05, 4.69) is 10.5 Å². The van der Waals surface area contributed by atoms with Gasteiger partial charge in [-0.2, -0.15) is 0 Å². The van der Waals surface area contributed by atoms with Gasteiger partial charge in [0.05, 0.1) is 42.5 Å². The molecule has 12 heteroatoms. The fourth-order valence-corrected chi connectivity index (χ4v) is 3.13. The summed E-state index contributed by atoms with van der Waals surface area (Å²) in [4.78, 5) is 22.4. The Balaban J connectivity index is 2.63. The maximum absolute atomic E-state index is 15.2. The van der Waals surface area contributed by atoms with E-state index in [0.29, 0.717) is 3.57 Å². The average molecular weight is 581 g/mol. The summed E-state index contributed by atoms with van der Waals surface area (Å²) < 4.78 is 45.3. The summed E-state index contributed by atoms with van der Waals surface area (Å²) in [7, 11) is 0. The fraction of sp³-hybridized carbons (Fsp3) is 0.333. The summed E-state index contributed by atoms with van der Waals surface area (Å²) in [6.07, 6.45) is 0. The van der Waals surface area contributed by atoms with Crippen LogP contribution < -0.4 is 10.8 Å². The van der Waals surface area contributed by atoms with Crippen molar-refractivity contribution in [2.75, 3.05) is 31.7 Å². The maximum Gasteiger partial charge on any atom is 0.277 e. The van der Waals surface area contributed by atoms with Crippen LogP contribution in [0.2, 0.25) is 0 Å². The summed E-state index contributed by atoms with van der Waals surface area (Å²) in [6, 6.07) is 5.07. The van der Waals surface area contributed by atoms with Crippen molar-refractivity contribution < 1.29 is 37.9 Å². The minimum Gasteiger partial charge on any atom is -0.394 e. The van der Waals surface area contributed by atoms with E-state index in [1.165, 1.54) is 12.1 Å². The van der Waals surface area contributed by atoms with Gasteiger partial charge in [-0.3, -0.25) is 9.63 Å². The van der Waals surface area contributed by atoms with Crippen LogP contribution in [-0.4, -0.2) is 48.3 Å². The zero-order valence-corrected chi connectivity index (χ0v) is 20.0. The number of nitrogens with one attached hydrogen (secondary N) is 2. The first-order valence-electron chi connectivity index (χ1n) is 9.79. The van der Waals surface area contributed by atoms with Crippen LogP contribution in [0.5, 0.6) is 0 Å². The van der Waals surface area contributed by atoms with E-state index in [-0.39, 0.29) is 36.8 Å². The molecule has 2 aromatic carbocycles. The number of benzene rings is 2. The van der Waals surface area contributed by atoms with Gasteiger partial charge in [0.15, 0.2) is 11.6 Å². The Hall–Kier alpha value is -2.42. The molecule has 4 N–H and O–H groups in total. The lowest BCUT2D eigenvalue weighted by Crippen LogP contribution is -2.27. The van der Waals surface area contributed by atoms with Crippen LogP contribution >= 0.6 is 22.6 Å². The van der Waals surface area contributed by atoms with E-state index in [1.54, 1.807) is 19.9 Å². The maximum atomic E-state index is 15.2. The molecule has 0 heterocycles. The lowest BCUT2D eigenvalue weighted by atomic mass is 9.96. The van der Waals surface area contributed by atoms with Crippen molar-refractivity contribution in [1.82, 2.24) is 5.48 Å². The van der Waals surface area contributed by atoms with Crippen molar-refractivity contribution in [3.8, 4) is 0 Å². The molecule has 0 fully saturated rings. The molecule has 0 aliphatic rings. The van der Waals surface area contributed by atoms with E-state index in [0.717, 1.165) is 6.07 Å². The molecule has 0 aliphatic carbocycles. The number of rotatable bonds is 11. The monoisotopic (exact) mass is 581 g/mol. The topological polar surface area (TPSA) is 112 Å². The molecule has 0 unspecified atom stereocenters. The molecule has 180 valence electrons. The molecule has 2 aromatic rings. The van der Waals surface area contributed by atoms with Gasteiger partial charge in [0, 0.05) is 9.13 Å². The zero-order valence-electron chi connectivity index (χ0n) is 17.8. The van der Waals surface area contributed by atoms with Crippen LogP contribution in [0.4, 0.5) is 24.5 Å². The lowest BCUT2D eigenvalue weighted by Gasteiger charge is -2.18. The second kappa shape index (κ2) is 12.7. The molecule has 0 atom stereocenters. The number of carbonyl (C=O) groups excluding carboxylic acids is 1. The molecule has 0 saturated carbocycles. The predicted octanol–water partition coefficient (Wildman–Crippen LogP) is 3.47. The number of anilines is 2. The van der Waals surface area contributed by atoms with Crippen molar-refractivity contribution in [2.45, 2.75) is 13.8 Å². The van der Waals surface area contributed by atoms with Gasteiger partial charge in [0.1, 0.15) is 12.4 Å². The van der Waals surface area contributed by atoms with Crippen LogP contribution in [0.3, 0.4) is 0 Å². The van der Waals surface area contributed by atoms with Crippen LogP contribution in [0.15, 0.2) is 29.4 Å². The highest BCUT2D eigenvalue weighted by Gasteiger charge is 2.27. The second-order valence-electron chi connectivity index (χ2n) is 6.92. The number of oxime groups is 1. The third-order valence-electron chi connectivity index (χ3n) is 4.17. The van der Waals surface area contributed by atoms with Crippen LogP contribution in [0, 0.1) is 26.9 Å². The highest BCUT2D eigenvalue weighted by atomic mass is 127. The molecule has 0 saturated heterocycles. The van der Waals surface area contributed by atoms with E-state index in [1.807, 2.05) is 28.1 Å². The summed E-state index contributed by atoms with van der Waals surface area (Å²) in [6.45, 7) is 2.14. The van der Waals surface area contributed by atoms with E-state index in [4.69, 9.17) is 19.9 Å². The number of carbonyl (C=O) groups is 1. The quantitative estimate of drug-likeness (QED) is 0.140. The second-order valence-corrected chi connectivity index (χ2v) is 8.16. The third-order valence-corrected chi connectivity index (χ3v) is 4.84. The van der Waals surface area contributed by atoms with Gasteiger partial charge >= 0.3 is 0 Å². The van der Waals surface area contributed by atoms with E-state index < -0.39 is 47.1 Å². The van der Waals surface area contributed by atoms with Gasteiger partial charge < -0.3 is 20.4 Å². The standard InChI is InChI=1S/C21H23F3IN3O5/c1-11(2)19(27-32-7-5-29)13-10-14(21(31)28-33-8-6-30)20(18(24)17(13)23)26-16-4-3-12(25)9-15(16)22/h3-4,9-11,26,29-30H,5-8H2,1-2H3,(H,28,31)/b27-19-. The summed E-state index contributed by atoms with van der Waals surface area (Å²) in [5, 5.41) is 23.9. The van der Waals surface area contributed by atoms with E-state index >= 15 is 8.78 Å². The lowest BCUT2D eigenvalue weighted by molar-refractivity contribution is 0.0168. The first kappa shape index (κ1) is 26.8. The molecule has 8 nitrogen and oxygen atoms in total. The normalized spacial score (nSPS) is 11.6. The van der Waals surface area contributed by atoms with Crippen molar-refractivity contribution in [3.05, 3.63) is 56.4 Å². The highest BCUT2D eigenvalue weighted by Crippen LogP contribution is 2.31. The number of hydrogen-bond donors (Lipinski definition) is 4. The predicted molar refractivity (Wildman–Crippen MR) is 124 cm³/mol. The number of aliphatic hydroxyl groups is 2. The SMILES string of the molecule is CC(C)/C(=N/OCCO)c1cc(C(=O)NOCCO)c(Nc2ccc(I)cc2F)c(F)c1F. The number of amides is 1. The number of hydroxylamine groups is 1. The van der Waals surface area contributed by atoms with Crippen molar-refractivity contribution in [1.29, 1.82) is 0 Å². The van der Waals surface area contributed by atoms with Gasteiger partial charge in [-0.05, 0) is 52.8 Å². The molecule has 0 radical (unpaired) electrons. The molecule has 2 rings (SSSR count). The van der Waals surface area contributed by atoms with Gasteiger partial charge in [-0.25, -0.2) is 18.7 Å². The van der Waals surface area contributed by atoms with Crippen LogP contribution in [-0.2, 0) is 9.68 Å². The number of hydrogen-bond acceptors (Lipinski definition) is 7. The first-order valence-corrected chi connectivity index (χ1v) is 10.9. The summed E-state index contributed by atoms with van der Waals surface area (Å²) in [5.74, 6) is -4.96. The van der Waals surface area contributed by atoms with Gasteiger partial charge in [0.25, 0.3) is 5.91 Å². The zero-order chi connectivity index (χ0) is 24.5. The van der Waals surface area contributed by atoms with Gasteiger partial charge in [0.2, 0.25) is 0 Å². The number of halogens is 4. The van der Waals surface area contributed by atoms with Crippen molar-refractivity contribution >= 4 is 45.6 Å². The summed E-state index contributed by atoms with van der Waals surface area (Å²) >= 11 is 1.89. The fourth-order valence-electron chi connectivity index (χ4n) is 2.68. The molecule has 33 heavy (non-hydrogen) atoms. The minimum absolute atomic E-state index is 0.0165. The summed E-state index contributed by atoms with van der Waals surface area (Å²) in [5.41, 5.74) is 0.425. The Labute approximate surface area is 201 Å². The molecular formula is C21H23F3IN3O5. The number of nitrogens with zero attached hydrogens (tertiary/aromatic N) is 1.